The first kappa shape index (κ1) is 16.1. The number of nitrogens with zero attached hydrogens (tertiary/aromatic N) is 1. The second kappa shape index (κ2) is 8.25. The van der Waals surface area contributed by atoms with Crippen LogP contribution in [0.15, 0.2) is 24.3 Å². The summed E-state index contributed by atoms with van der Waals surface area (Å²) in [6.07, 6.45) is 0. The average Bonchev–Trinajstić information content (AvgIpc) is 2.41. The number of rotatable bonds is 5. The summed E-state index contributed by atoms with van der Waals surface area (Å²) in [4.78, 5) is 2.45. The van der Waals surface area contributed by atoms with Crippen LogP contribution in [0, 0.1) is 0 Å². The van der Waals surface area contributed by atoms with Crippen molar-refractivity contribution in [2.24, 2.45) is 0 Å². The Bertz CT molecular complexity index is 376. The molecule has 0 saturated carbocycles. The van der Waals surface area contributed by atoms with Crippen molar-refractivity contribution in [2.45, 2.75) is 13.0 Å². The molecule has 1 atom stereocenters. The SMILES string of the molecule is COc1ccccc1OCCN1CCNC[C@@H]1C.Cl. The van der Waals surface area contributed by atoms with Gasteiger partial charge >= 0.3 is 0 Å². The first-order chi connectivity index (χ1) is 8.81. The molecule has 1 heterocycles. The largest absolute Gasteiger partial charge is 0.493 e. The molecule has 0 amide bonds. The van der Waals surface area contributed by atoms with Gasteiger partial charge in [0.15, 0.2) is 11.5 Å². The van der Waals surface area contributed by atoms with Crippen molar-refractivity contribution < 1.29 is 9.47 Å². The molecule has 1 aliphatic heterocycles. The Kier molecular flexibility index (Phi) is 6.99. The van der Waals surface area contributed by atoms with E-state index in [0.29, 0.717) is 12.6 Å². The number of ether oxygens (including phenoxy) is 2. The Labute approximate surface area is 121 Å². The van der Waals surface area contributed by atoms with Crippen molar-refractivity contribution in [3.63, 3.8) is 0 Å². The molecule has 4 nitrogen and oxygen atoms in total. The smallest absolute Gasteiger partial charge is 0.161 e. The van der Waals surface area contributed by atoms with Crippen LogP contribution in [0.2, 0.25) is 0 Å². The van der Waals surface area contributed by atoms with Gasteiger partial charge in [0.05, 0.1) is 7.11 Å². The maximum absolute atomic E-state index is 5.79. The molecule has 0 aliphatic carbocycles. The van der Waals surface area contributed by atoms with Gasteiger partial charge in [0, 0.05) is 32.2 Å². The molecule has 1 fully saturated rings. The van der Waals surface area contributed by atoms with Gasteiger partial charge in [-0.05, 0) is 19.1 Å². The summed E-state index contributed by atoms with van der Waals surface area (Å²) in [5.41, 5.74) is 0. The number of hydrogen-bond donors (Lipinski definition) is 1. The second-order valence-corrected chi connectivity index (χ2v) is 4.59. The maximum atomic E-state index is 5.79. The first-order valence-electron chi connectivity index (χ1n) is 6.52. The summed E-state index contributed by atoms with van der Waals surface area (Å²) < 4.78 is 11.1. The molecular weight excluding hydrogens is 264 g/mol. The molecule has 1 aromatic carbocycles. The molecule has 5 heteroatoms. The Morgan fingerprint density at radius 3 is 2.74 bits per heavy atom. The van der Waals surface area contributed by atoms with Gasteiger partial charge in [0.25, 0.3) is 0 Å². The molecule has 1 N–H and O–H groups in total. The summed E-state index contributed by atoms with van der Waals surface area (Å²) in [5, 5.41) is 3.39. The fraction of sp³-hybridized carbons (Fsp3) is 0.571. The lowest BCUT2D eigenvalue weighted by Crippen LogP contribution is -2.50. The van der Waals surface area contributed by atoms with E-state index in [1.807, 2.05) is 24.3 Å². The van der Waals surface area contributed by atoms with Gasteiger partial charge in [-0.15, -0.1) is 12.4 Å². The predicted molar refractivity (Wildman–Crippen MR) is 79.6 cm³/mol. The van der Waals surface area contributed by atoms with Crippen LogP contribution in [0.5, 0.6) is 11.5 Å². The van der Waals surface area contributed by atoms with E-state index in [1.165, 1.54) is 0 Å². The van der Waals surface area contributed by atoms with Crippen molar-refractivity contribution in [3.8, 4) is 11.5 Å². The van der Waals surface area contributed by atoms with Crippen molar-refractivity contribution in [2.75, 3.05) is 39.9 Å². The van der Waals surface area contributed by atoms with Gasteiger partial charge < -0.3 is 14.8 Å². The molecule has 108 valence electrons. The topological polar surface area (TPSA) is 33.7 Å². The molecule has 2 rings (SSSR count). The van der Waals surface area contributed by atoms with E-state index in [-0.39, 0.29) is 12.4 Å². The van der Waals surface area contributed by atoms with Crippen LogP contribution in [0.1, 0.15) is 6.92 Å². The quantitative estimate of drug-likeness (QED) is 0.895. The van der Waals surface area contributed by atoms with E-state index in [9.17, 15) is 0 Å². The minimum Gasteiger partial charge on any atom is -0.493 e. The summed E-state index contributed by atoms with van der Waals surface area (Å²) in [6.45, 7) is 7.13. The molecular formula is C14H23ClN2O2. The minimum absolute atomic E-state index is 0. The zero-order chi connectivity index (χ0) is 12.8. The van der Waals surface area contributed by atoms with E-state index in [2.05, 4.69) is 17.1 Å². The van der Waals surface area contributed by atoms with Gasteiger partial charge in [-0.1, -0.05) is 12.1 Å². The fourth-order valence-corrected chi connectivity index (χ4v) is 2.23. The maximum Gasteiger partial charge on any atom is 0.161 e. The van der Waals surface area contributed by atoms with Crippen LogP contribution in [0.4, 0.5) is 0 Å². The molecule has 0 bridgehead atoms. The molecule has 1 aromatic rings. The third-order valence-corrected chi connectivity index (χ3v) is 3.34. The lowest BCUT2D eigenvalue weighted by atomic mass is 10.2. The summed E-state index contributed by atoms with van der Waals surface area (Å²) >= 11 is 0. The van der Waals surface area contributed by atoms with Crippen LogP contribution in [-0.2, 0) is 0 Å². The molecule has 0 aromatic heterocycles. The van der Waals surface area contributed by atoms with E-state index in [1.54, 1.807) is 7.11 Å². The van der Waals surface area contributed by atoms with E-state index in [4.69, 9.17) is 9.47 Å². The van der Waals surface area contributed by atoms with Gasteiger partial charge in [-0.3, -0.25) is 4.90 Å². The van der Waals surface area contributed by atoms with E-state index < -0.39 is 0 Å². The molecule has 1 saturated heterocycles. The van der Waals surface area contributed by atoms with Gasteiger partial charge in [-0.25, -0.2) is 0 Å². The third kappa shape index (κ3) is 4.56. The predicted octanol–water partition coefficient (Wildman–Crippen LogP) is 1.79. The van der Waals surface area contributed by atoms with E-state index >= 15 is 0 Å². The van der Waals surface area contributed by atoms with Crippen LogP contribution in [0.3, 0.4) is 0 Å². The van der Waals surface area contributed by atoms with Gasteiger partial charge in [0.1, 0.15) is 6.61 Å². The highest BCUT2D eigenvalue weighted by Crippen LogP contribution is 2.25. The highest BCUT2D eigenvalue weighted by molar-refractivity contribution is 5.85. The highest BCUT2D eigenvalue weighted by atomic mass is 35.5. The lowest BCUT2D eigenvalue weighted by molar-refractivity contribution is 0.142. The second-order valence-electron chi connectivity index (χ2n) is 4.59. The van der Waals surface area contributed by atoms with Crippen molar-refractivity contribution in [1.29, 1.82) is 0 Å². The summed E-state index contributed by atoms with van der Waals surface area (Å²) in [6, 6.07) is 8.36. The van der Waals surface area contributed by atoms with Crippen molar-refractivity contribution >= 4 is 12.4 Å². The lowest BCUT2D eigenvalue weighted by Gasteiger charge is -2.33. The molecule has 0 radical (unpaired) electrons. The Morgan fingerprint density at radius 1 is 1.32 bits per heavy atom. The Hall–Kier alpha value is -0.970. The third-order valence-electron chi connectivity index (χ3n) is 3.34. The Morgan fingerprint density at radius 2 is 2.05 bits per heavy atom. The van der Waals surface area contributed by atoms with Crippen molar-refractivity contribution in [1.82, 2.24) is 10.2 Å². The number of hydrogen-bond acceptors (Lipinski definition) is 4. The monoisotopic (exact) mass is 286 g/mol. The summed E-state index contributed by atoms with van der Waals surface area (Å²) in [7, 11) is 1.67. The average molecular weight is 287 g/mol. The standard InChI is InChI=1S/C14H22N2O2.ClH/c1-12-11-15-7-8-16(12)9-10-18-14-6-4-3-5-13(14)17-2;/h3-6,12,15H,7-11H2,1-2H3;1H/t12-;/m0./s1. The van der Waals surface area contributed by atoms with Crippen molar-refractivity contribution in [3.05, 3.63) is 24.3 Å². The molecule has 0 spiro atoms. The van der Waals surface area contributed by atoms with Crippen LogP contribution >= 0.6 is 12.4 Å². The zero-order valence-electron chi connectivity index (χ0n) is 11.6. The number of benzene rings is 1. The first-order valence-corrected chi connectivity index (χ1v) is 6.52. The molecule has 19 heavy (non-hydrogen) atoms. The van der Waals surface area contributed by atoms with Crippen LogP contribution in [0.25, 0.3) is 0 Å². The number of halogens is 1. The van der Waals surface area contributed by atoms with Gasteiger partial charge in [-0.2, -0.15) is 0 Å². The number of nitrogens with one attached hydrogen (secondary N) is 1. The highest BCUT2D eigenvalue weighted by Gasteiger charge is 2.17. The fourth-order valence-electron chi connectivity index (χ4n) is 2.23. The molecule has 0 unspecified atom stereocenters. The van der Waals surface area contributed by atoms with Gasteiger partial charge in [0.2, 0.25) is 0 Å². The normalized spacial score (nSPS) is 19.6. The number of para-hydroxylation sites is 2. The minimum atomic E-state index is 0. The zero-order valence-corrected chi connectivity index (χ0v) is 12.4. The molecule has 1 aliphatic rings. The Balaban J connectivity index is 0.00000180. The van der Waals surface area contributed by atoms with Crippen LogP contribution < -0.4 is 14.8 Å². The number of piperazine rings is 1. The van der Waals surface area contributed by atoms with E-state index in [0.717, 1.165) is 37.7 Å². The summed E-state index contributed by atoms with van der Waals surface area (Å²) in [5.74, 6) is 1.62. The number of methoxy groups -OCH3 is 1. The van der Waals surface area contributed by atoms with Crippen LogP contribution in [-0.4, -0.2) is 50.8 Å².